The zero-order chi connectivity index (χ0) is 21.7. The topological polar surface area (TPSA) is 124 Å². The van der Waals surface area contributed by atoms with Gasteiger partial charge in [0.2, 0.25) is 0 Å². The molecule has 0 amide bonds. The van der Waals surface area contributed by atoms with Gasteiger partial charge in [0.15, 0.2) is 5.75 Å². The summed E-state index contributed by atoms with van der Waals surface area (Å²) in [5, 5.41) is 15.2. The number of rotatable bonds is 7. The summed E-state index contributed by atoms with van der Waals surface area (Å²) in [6.45, 7) is 3.53. The number of nitro benzene ring substituents is 1. The lowest BCUT2D eigenvalue weighted by molar-refractivity contribution is -0.384. The number of oxime groups is 1. The van der Waals surface area contributed by atoms with E-state index < -0.39 is 14.9 Å². The second kappa shape index (κ2) is 8.70. The van der Waals surface area contributed by atoms with E-state index in [-0.39, 0.29) is 22.0 Å². The molecule has 0 aliphatic carbocycles. The van der Waals surface area contributed by atoms with Gasteiger partial charge in [0.1, 0.15) is 0 Å². The lowest BCUT2D eigenvalue weighted by atomic mass is 10.2. The molecule has 10 heteroatoms. The molecule has 3 rings (SSSR count). The maximum Gasteiger partial charge on any atom is 0.275 e. The van der Waals surface area contributed by atoms with Crippen molar-refractivity contribution in [3.63, 3.8) is 0 Å². The van der Waals surface area contributed by atoms with Gasteiger partial charge >= 0.3 is 0 Å². The summed E-state index contributed by atoms with van der Waals surface area (Å²) >= 11 is 0. The molecule has 0 fully saturated rings. The van der Waals surface area contributed by atoms with E-state index in [2.05, 4.69) is 14.9 Å². The van der Waals surface area contributed by atoms with Gasteiger partial charge in [0.25, 0.3) is 15.7 Å². The average molecular weight is 426 g/mol. The van der Waals surface area contributed by atoms with E-state index in [4.69, 9.17) is 4.84 Å². The van der Waals surface area contributed by atoms with E-state index in [9.17, 15) is 18.5 Å². The predicted octanol–water partition coefficient (Wildman–Crippen LogP) is 3.90. The summed E-state index contributed by atoms with van der Waals surface area (Å²) in [6.07, 6.45) is 3.21. The molecule has 2 aromatic carbocycles. The van der Waals surface area contributed by atoms with Crippen LogP contribution >= 0.6 is 0 Å². The van der Waals surface area contributed by atoms with Crippen LogP contribution in [0, 0.1) is 17.0 Å². The minimum absolute atomic E-state index is 0.00838. The monoisotopic (exact) mass is 426 g/mol. The minimum atomic E-state index is -3.94. The molecule has 0 aliphatic heterocycles. The molecule has 3 aromatic rings. The third kappa shape index (κ3) is 5.17. The normalized spacial score (nSPS) is 11.7. The molecule has 9 nitrogen and oxygen atoms in total. The summed E-state index contributed by atoms with van der Waals surface area (Å²) in [7, 11) is -3.94. The molecular weight excluding hydrogens is 408 g/mol. The third-order valence-electron chi connectivity index (χ3n) is 4.05. The molecule has 0 bridgehead atoms. The van der Waals surface area contributed by atoms with Crippen molar-refractivity contribution >= 4 is 27.1 Å². The molecular formula is C20H18N4O5S. The highest BCUT2D eigenvalue weighted by Crippen LogP contribution is 2.28. The van der Waals surface area contributed by atoms with Crippen molar-refractivity contribution in [3.8, 4) is 5.75 Å². The van der Waals surface area contributed by atoms with Gasteiger partial charge in [-0.1, -0.05) is 22.9 Å². The summed E-state index contributed by atoms with van der Waals surface area (Å²) in [6, 6.07) is 13.3. The van der Waals surface area contributed by atoms with E-state index in [1.165, 1.54) is 18.2 Å². The van der Waals surface area contributed by atoms with E-state index in [1.807, 2.05) is 6.92 Å². The van der Waals surface area contributed by atoms with E-state index >= 15 is 0 Å². The maximum atomic E-state index is 12.6. The molecule has 0 spiro atoms. The van der Waals surface area contributed by atoms with Crippen molar-refractivity contribution in [2.75, 3.05) is 4.72 Å². The van der Waals surface area contributed by atoms with Crippen LogP contribution in [0.5, 0.6) is 5.75 Å². The molecule has 1 heterocycles. The third-order valence-corrected chi connectivity index (χ3v) is 5.45. The fourth-order valence-corrected chi connectivity index (χ4v) is 3.52. The van der Waals surface area contributed by atoms with Gasteiger partial charge in [-0.25, -0.2) is 8.42 Å². The highest BCUT2D eigenvalue weighted by molar-refractivity contribution is 7.92. The first-order chi connectivity index (χ1) is 14.2. The molecule has 1 aromatic heterocycles. The number of hydrogen-bond acceptors (Lipinski definition) is 7. The number of non-ortho nitro benzene ring substituents is 1. The van der Waals surface area contributed by atoms with E-state index in [0.29, 0.717) is 11.3 Å². The lowest BCUT2D eigenvalue weighted by Crippen LogP contribution is -2.13. The SMILES string of the molecule is CC(=NOc1cc(NS(=O)(=O)c2ccc(C)cc2)cc([N+](=O)[O-])c1)c1cccnc1. The van der Waals surface area contributed by atoms with Crippen molar-refractivity contribution in [1.29, 1.82) is 0 Å². The zero-order valence-electron chi connectivity index (χ0n) is 16.1. The molecule has 0 saturated heterocycles. The van der Waals surface area contributed by atoms with Crippen LogP contribution in [0.3, 0.4) is 0 Å². The van der Waals surface area contributed by atoms with Gasteiger partial charge in [-0.2, -0.15) is 0 Å². The molecule has 30 heavy (non-hydrogen) atoms. The number of aromatic nitrogens is 1. The summed E-state index contributed by atoms with van der Waals surface area (Å²) in [5.41, 5.74) is 1.75. The van der Waals surface area contributed by atoms with Crippen LogP contribution in [0.2, 0.25) is 0 Å². The molecule has 0 radical (unpaired) electrons. The Kier molecular flexibility index (Phi) is 6.07. The number of aryl methyl sites for hydroxylation is 1. The summed E-state index contributed by atoms with van der Waals surface area (Å²) < 4.78 is 27.5. The number of nitro groups is 1. The van der Waals surface area contributed by atoms with Crippen molar-refractivity contribution < 1.29 is 18.2 Å². The number of hydrogen-bond donors (Lipinski definition) is 1. The Morgan fingerprint density at radius 1 is 1.17 bits per heavy atom. The lowest BCUT2D eigenvalue weighted by Gasteiger charge is -2.10. The van der Waals surface area contributed by atoms with Crippen LogP contribution in [0.25, 0.3) is 0 Å². The summed E-state index contributed by atoms with van der Waals surface area (Å²) in [5.74, 6) is 0.00838. The predicted molar refractivity (Wildman–Crippen MR) is 112 cm³/mol. The smallest absolute Gasteiger partial charge is 0.275 e. The van der Waals surface area contributed by atoms with Crippen LogP contribution in [0.1, 0.15) is 18.1 Å². The van der Waals surface area contributed by atoms with E-state index in [0.717, 1.165) is 17.7 Å². The first kappa shape index (κ1) is 20.9. The van der Waals surface area contributed by atoms with Gasteiger partial charge < -0.3 is 4.84 Å². The average Bonchev–Trinajstić information content (AvgIpc) is 2.72. The first-order valence-electron chi connectivity index (χ1n) is 8.75. The largest absolute Gasteiger partial charge is 0.356 e. The van der Waals surface area contributed by atoms with Gasteiger partial charge in [0.05, 0.1) is 27.3 Å². The quantitative estimate of drug-likeness (QED) is 0.347. The number of benzene rings is 2. The zero-order valence-corrected chi connectivity index (χ0v) is 17.0. The Labute approximate surface area is 173 Å². The van der Waals surface area contributed by atoms with E-state index in [1.54, 1.807) is 43.6 Å². The Bertz CT molecular complexity index is 1190. The van der Waals surface area contributed by atoms with Crippen LogP contribution in [-0.4, -0.2) is 24.0 Å². The Morgan fingerprint density at radius 3 is 2.53 bits per heavy atom. The number of anilines is 1. The highest BCUT2D eigenvalue weighted by atomic mass is 32.2. The number of pyridine rings is 1. The van der Waals surface area contributed by atoms with Gasteiger partial charge in [-0.15, -0.1) is 0 Å². The molecule has 1 N–H and O–H groups in total. The minimum Gasteiger partial charge on any atom is -0.356 e. The van der Waals surface area contributed by atoms with Crippen molar-refractivity contribution in [3.05, 3.63) is 88.2 Å². The van der Waals surface area contributed by atoms with Crippen molar-refractivity contribution in [2.24, 2.45) is 5.16 Å². The Hall–Kier alpha value is -3.79. The van der Waals surface area contributed by atoms with Crippen LogP contribution in [0.4, 0.5) is 11.4 Å². The highest BCUT2D eigenvalue weighted by Gasteiger charge is 2.18. The molecule has 0 unspecified atom stereocenters. The van der Waals surface area contributed by atoms with Crippen LogP contribution in [-0.2, 0) is 10.0 Å². The Balaban J connectivity index is 1.89. The number of nitrogens with zero attached hydrogens (tertiary/aromatic N) is 3. The summed E-state index contributed by atoms with van der Waals surface area (Å²) in [4.78, 5) is 20.0. The van der Waals surface area contributed by atoms with Crippen molar-refractivity contribution in [1.82, 2.24) is 4.98 Å². The van der Waals surface area contributed by atoms with Gasteiger partial charge in [0, 0.05) is 30.1 Å². The van der Waals surface area contributed by atoms with Crippen molar-refractivity contribution in [2.45, 2.75) is 18.7 Å². The van der Waals surface area contributed by atoms with Gasteiger partial charge in [-0.3, -0.25) is 19.8 Å². The van der Waals surface area contributed by atoms with Gasteiger partial charge in [-0.05, 0) is 38.1 Å². The number of nitrogens with one attached hydrogen (secondary N) is 1. The van der Waals surface area contributed by atoms with Crippen LogP contribution < -0.4 is 9.56 Å². The molecule has 0 saturated carbocycles. The number of sulfonamides is 1. The van der Waals surface area contributed by atoms with Crippen LogP contribution in [0.15, 0.2) is 77.0 Å². The second-order valence-corrected chi connectivity index (χ2v) is 8.08. The first-order valence-corrected chi connectivity index (χ1v) is 10.2. The molecule has 0 aliphatic rings. The Morgan fingerprint density at radius 2 is 1.90 bits per heavy atom. The molecule has 154 valence electrons. The fraction of sp³-hybridized carbons (Fsp3) is 0.100. The second-order valence-electron chi connectivity index (χ2n) is 6.40. The maximum absolute atomic E-state index is 12.6. The molecule has 0 atom stereocenters. The fourth-order valence-electron chi connectivity index (χ4n) is 2.48. The standard InChI is InChI=1S/C20H18N4O5S/c1-14-5-7-20(8-6-14)30(27,28)23-17-10-18(24(25)26)12-19(11-17)29-22-15(2)16-4-3-9-21-13-16/h3-13,23H,1-2H3.